The van der Waals surface area contributed by atoms with Gasteiger partial charge in [-0.1, -0.05) is 25.5 Å². The van der Waals surface area contributed by atoms with E-state index in [1.165, 1.54) is 17.7 Å². The van der Waals surface area contributed by atoms with Crippen molar-refractivity contribution in [1.29, 1.82) is 0 Å². The molecular weight excluding hydrogens is 311 g/mol. The number of hydrogen-bond donors (Lipinski definition) is 0. The molecule has 2 aliphatic rings. The summed E-state index contributed by atoms with van der Waals surface area (Å²) in [6, 6.07) is 2.73. The van der Waals surface area contributed by atoms with Gasteiger partial charge in [-0.15, -0.1) is 0 Å². The van der Waals surface area contributed by atoms with Crippen LogP contribution in [0.3, 0.4) is 0 Å². The minimum Gasteiger partial charge on any atom is -0.467 e. The molecule has 1 aliphatic carbocycles. The highest BCUT2D eigenvalue weighted by Crippen LogP contribution is 2.59. The third-order valence-electron chi connectivity index (χ3n) is 4.80. The molecule has 0 saturated heterocycles. The predicted octanol–water partition coefficient (Wildman–Crippen LogP) is 3.97. The number of esters is 1. The van der Waals surface area contributed by atoms with Gasteiger partial charge in [0.25, 0.3) is 0 Å². The summed E-state index contributed by atoms with van der Waals surface area (Å²) in [6.07, 6.45) is 2.12. The maximum absolute atomic E-state index is 13.7. The van der Waals surface area contributed by atoms with Gasteiger partial charge in [-0.05, 0) is 37.3 Å². The van der Waals surface area contributed by atoms with Crippen molar-refractivity contribution < 1.29 is 23.4 Å². The summed E-state index contributed by atoms with van der Waals surface area (Å²) in [5.41, 5.74) is 2.27. The van der Waals surface area contributed by atoms with Gasteiger partial charge in [-0.25, -0.2) is 4.39 Å². The Morgan fingerprint density at radius 1 is 1.42 bits per heavy atom. The molecule has 1 fully saturated rings. The van der Waals surface area contributed by atoms with Crippen LogP contribution in [0.15, 0.2) is 23.8 Å². The predicted molar refractivity (Wildman–Crippen MR) is 86.7 cm³/mol. The molecule has 1 aromatic carbocycles. The molecule has 0 N–H and O–H groups in total. The summed E-state index contributed by atoms with van der Waals surface area (Å²) >= 11 is 0. The smallest absolute Gasteiger partial charge is 0.310 e. The number of allylic oxidation sites excluding steroid dienone is 2. The van der Waals surface area contributed by atoms with Gasteiger partial charge >= 0.3 is 5.97 Å². The fourth-order valence-electron chi connectivity index (χ4n) is 3.40. The summed E-state index contributed by atoms with van der Waals surface area (Å²) < 4.78 is 29.8. The normalized spacial score (nSPS) is 23.7. The van der Waals surface area contributed by atoms with Crippen molar-refractivity contribution in [2.24, 2.45) is 17.3 Å². The van der Waals surface area contributed by atoms with E-state index in [4.69, 9.17) is 14.2 Å². The number of halogens is 1. The van der Waals surface area contributed by atoms with E-state index in [0.717, 1.165) is 0 Å². The minimum absolute atomic E-state index is 0.00699. The molecule has 0 bridgehead atoms. The Kier molecular flexibility index (Phi) is 4.38. The number of carbonyl (C=O) groups is 1. The van der Waals surface area contributed by atoms with Crippen LogP contribution in [0.25, 0.3) is 0 Å². The molecule has 0 aromatic heterocycles. The van der Waals surface area contributed by atoms with Crippen LogP contribution < -0.4 is 4.74 Å². The van der Waals surface area contributed by atoms with Crippen LogP contribution in [0.5, 0.6) is 5.75 Å². The number of benzene rings is 1. The first-order chi connectivity index (χ1) is 11.3. The summed E-state index contributed by atoms with van der Waals surface area (Å²) in [4.78, 5) is 12.4. The highest BCUT2D eigenvalue weighted by Gasteiger charge is 2.61. The monoisotopic (exact) mass is 334 g/mol. The first-order valence-electron chi connectivity index (χ1n) is 8.14. The second-order valence-electron chi connectivity index (χ2n) is 7.34. The van der Waals surface area contributed by atoms with Gasteiger partial charge in [0.2, 0.25) is 0 Å². The van der Waals surface area contributed by atoms with Gasteiger partial charge in [0, 0.05) is 11.1 Å². The fourth-order valence-corrected chi connectivity index (χ4v) is 3.40. The van der Waals surface area contributed by atoms with Gasteiger partial charge in [0.1, 0.15) is 18.2 Å². The molecule has 1 heterocycles. The van der Waals surface area contributed by atoms with Crippen molar-refractivity contribution in [3.8, 4) is 5.75 Å². The van der Waals surface area contributed by atoms with Crippen LogP contribution >= 0.6 is 0 Å². The zero-order valence-corrected chi connectivity index (χ0v) is 14.5. The molecule has 0 amide bonds. The highest BCUT2D eigenvalue weighted by molar-refractivity contribution is 5.78. The van der Waals surface area contributed by atoms with Gasteiger partial charge in [-0.3, -0.25) is 4.79 Å². The highest BCUT2D eigenvalue weighted by atomic mass is 19.1. The van der Waals surface area contributed by atoms with Crippen LogP contribution in [0.4, 0.5) is 4.39 Å². The Morgan fingerprint density at radius 3 is 2.88 bits per heavy atom. The lowest BCUT2D eigenvalue weighted by Crippen LogP contribution is -2.16. The third kappa shape index (κ3) is 3.18. The van der Waals surface area contributed by atoms with E-state index in [1.807, 2.05) is 13.8 Å². The summed E-state index contributed by atoms with van der Waals surface area (Å²) in [6.45, 7) is 8.60. The number of hydrogen-bond acceptors (Lipinski definition) is 4. The summed E-state index contributed by atoms with van der Waals surface area (Å²) in [5, 5.41) is 0. The number of fused-ring (bicyclic) bond motifs is 1. The molecule has 3 rings (SSSR count). The molecule has 4 nitrogen and oxygen atoms in total. The van der Waals surface area contributed by atoms with Crippen LogP contribution in [0.1, 0.15) is 38.8 Å². The molecule has 1 saturated carbocycles. The molecule has 1 aromatic rings. The standard InChI is InChI=1S/C19H23FO4/c1-11(2)5-15-16(19(15,3)4)18(21)23-9-13-7-14(20)6-12-8-22-10-24-17(12)13/h5-7,15-16H,8-10H2,1-4H3/t15-,16-/m0/s1. The molecule has 5 heteroatoms. The van der Waals surface area contributed by atoms with Crippen molar-refractivity contribution in [3.05, 3.63) is 40.7 Å². The van der Waals surface area contributed by atoms with Gasteiger partial charge < -0.3 is 14.2 Å². The van der Waals surface area contributed by atoms with Crippen LogP contribution in [-0.4, -0.2) is 12.8 Å². The zero-order chi connectivity index (χ0) is 17.5. The molecular formula is C19H23FO4. The first kappa shape index (κ1) is 17.0. The average Bonchev–Trinajstić information content (AvgIpc) is 3.04. The van der Waals surface area contributed by atoms with Crippen molar-refractivity contribution in [2.45, 2.75) is 40.9 Å². The topological polar surface area (TPSA) is 44.8 Å². The zero-order valence-electron chi connectivity index (χ0n) is 14.5. The van der Waals surface area contributed by atoms with Gasteiger partial charge in [0.05, 0.1) is 12.5 Å². The van der Waals surface area contributed by atoms with Crippen molar-refractivity contribution in [2.75, 3.05) is 6.79 Å². The Labute approximate surface area is 141 Å². The maximum Gasteiger partial charge on any atom is 0.310 e. The molecule has 130 valence electrons. The van der Waals surface area contributed by atoms with E-state index in [1.54, 1.807) is 0 Å². The molecule has 0 spiro atoms. The summed E-state index contributed by atoms with van der Waals surface area (Å²) in [7, 11) is 0. The van der Waals surface area contributed by atoms with Gasteiger partial charge in [0.15, 0.2) is 6.79 Å². The van der Waals surface area contributed by atoms with Crippen LogP contribution in [-0.2, 0) is 27.5 Å². The lowest BCUT2D eigenvalue weighted by atomic mass is 10.1. The lowest BCUT2D eigenvalue weighted by molar-refractivity contribution is -0.147. The Hall–Kier alpha value is -1.88. The van der Waals surface area contributed by atoms with E-state index in [0.29, 0.717) is 23.5 Å². The number of carbonyl (C=O) groups excluding carboxylic acids is 1. The maximum atomic E-state index is 13.7. The van der Waals surface area contributed by atoms with E-state index in [2.05, 4.69) is 19.9 Å². The molecule has 24 heavy (non-hydrogen) atoms. The molecule has 1 aliphatic heterocycles. The van der Waals surface area contributed by atoms with Crippen molar-refractivity contribution in [1.82, 2.24) is 0 Å². The van der Waals surface area contributed by atoms with E-state index in [-0.39, 0.29) is 42.4 Å². The average molecular weight is 334 g/mol. The van der Waals surface area contributed by atoms with Crippen LogP contribution in [0, 0.1) is 23.1 Å². The first-order valence-corrected chi connectivity index (χ1v) is 8.14. The molecule has 0 unspecified atom stereocenters. The number of ether oxygens (including phenoxy) is 3. The minimum atomic E-state index is -0.386. The largest absolute Gasteiger partial charge is 0.467 e. The Bertz CT molecular complexity index is 689. The van der Waals surface area contributed by atoms with Crippen molar-refractivity contribution >= 4 is 5.97 Å². The van der Waals surface area contributed by atoms with Crippen molar-refractivity contribution in [3.63, 3.8) is 0 Å². The van der Waals surface area contributed by atoms with E-state index in [9.17, 15) is 9.18 Å². The second-order valence-corrected chi connectivity index (χ2v) is 7.34. The van der Waals surface area contributed by atoms with E-state index < -0.39 is 0 Å². The molecule has 0 radical (unpaired) electrons. The third-order valence-corrected chi connectivity index (χ3v) is 4.80. The Morgan fingerprint density at radius 2 is 2.17 bits per heavy atom. The molecule has 2 atom stereocenters. The lowest BCUT2D eigenvalue weighted by Gasteiger charge is -2.20. The second kappa shape index (κ2) is 6.20. The summed E-state index contributed by atoms with van der Waals surface area (Å²) in [5.74, 6) is -0.0240. The quantitative estimate of drug-likeness (QED) is 0.617. The number of rotatable bonds is 4. The SMILES string of the molecule is CC(C)=C[C@H]1[C@@H](C(=O)OCc2cc(F)cc3c2OCOC3)C1(C)C. The fraction of sp³-hybridized carbons (Fsp3) is 0.526. The van der Waals surface area contributed by atoms with Gasteiger partial charge in [-0.2, -0.15) is 0 Å². The Balaban J connectivity index is 1.70. The van der Waals surface area contributed by atoms with Crippen LogP contribution in [0.2, 0.25) is 0 Å². The van der Waals surface area contributed by atoms with E-state index >= 15 is 0 Å².